The van der Waals surface area contributed by atoms with E-state index in [9.17, 15) is 13.2 Å². The van der Waals surface area contributed by atoms with E-state index in [1.807, 2.05) is 0 Å². The maximum atomic E-state index is 12.7. The van der Waals surface area contributed by atoms with Crippen LogP contribution in [-0.2, 0) is 12.0 Å². The molecule has 2 nitrogen and oxygen atoms in total. The number of alkyl halides is 3. The summed E-state index contributed by atoms with van der Waals surface area (Å²) < 4.78 is 38.2. The summed E-state index contributed by atoms with van der Waals surface area (Å²) in [5.74, 6) is 0. The second kappa shape index (κ2) is 4.14. The fourth-order valence-electron chi connectivity index (χ4n) is 1.76. The topological polar surface area (TPSA) is 38.4 Å². The molecule has 1 aromatic rings. The van der Waals surface area contributed by atoms with Gasteiger partial charge < -0.3 is 5.73 Å². The van der Waals surface area contributed by atoms with Crippen LogP contribution in [0.1, 0.15) is 17.5 Å². The molecule has 0 radical (unpaired) electrons. The average molecular weight is 242 g/mol. The Morgan fingerprint density at radius 2 is 1.76 bits per heavy atom. The Labute approximate surface area is 97.3 Å². The third kappa shape index (κ3) is 2.20. The number of nitrogens with zero attached hydrogens (tertiary/aromatic N) is 1. The second-order valence-electron chi connectivity index (χ2n) is 4.11. The Hall–Kier alpha value is -1.36. The Morgan fingerprint density at radius 3 is 2.18 bits per heavy atom. The van der Waals surface area contributed by atoms with E-state index in [1.54, 1.807) is 12.1 Å². The predicted octanol–water partition coefficient (Wildman–Crippen LogP) is 2.42. The van der Waals surface area contributed by atoms with Crippen molar-refractivity contribution in [1.82, 2.24) is 0 Å². The first kappa shape index (κ1) is 12.1. The minimum Gasteiger partial charge on any atom is -0.330 e. The molecule has 2 N–H and O–H groups in total. The van der Waals surface area contributed by atoms with Crippen molar-refractivity contribution in [3.8, 4) is 0 Å². The van der Waals surface area contributed by atoms with Crippen LogP contribution in [0.4, 0.5) is 13.2 Å². The first-order valence-electron chi connectivity index (χ1n) is 5.42. The van der Waals surface area contributed by atoms with Crippen LogP contribution in [0.15, 0.2) is 29.3 Å². The van der Waals surface area contributed by atoms with E-state index in [4.69, 9.17) is 5.73 Å². The van der Waals surface area contributed by atoms with Crippen molar-refractivity contribution in [3.63, 3.8) is 0 Å². The number of aryl methyl sites for hydroxylation is 1. The van der Waals surface area contributed by atoms with Gasteiger partial charge in [-0.1, -0.05) is 24.3 Å². The fourth-order valence-corrected chi connectivity index (χ4v) is 1.76. The van der Waals surface area contributed by atoms with Crippen molar-refractivity contribution < 1.29 is 13.2 Å². The van der Waals surface area contributed by atoms with Gasteiger partial charge in [0.1, 0.15) is 0 Å². The lowest BCUT2D eigenvalue weighted by Crippen LogP contribution is -2.31. The minimum absolute atomic E-state index is 0.182. The lowest BCUT2D eigenvalue weighted by molar-refractivity contribution is -0.156. The quantitative estimate of drug-likeness (QED) is 0.865. The molecule has 0 amide bonds. The number of benzene rings is 1. The van der Waals surface area contributed by atoms with Crippen molar-refractivity contribution in [1.29, 1.82) is 0 Å². The first-order valence-corrected chi connectivity index (χ1v) is 5.42. The summed E-state index contributed by atoms with van der Waals surface area (Å²) in [6.07, 6.45) is -1.77. The van der Waals surface area contributed by atoms with Crippen molar-refractivity contribution in [3.05, 3.63) is 35.4 Å². The van der Waals surface area contributed by atoms with E-state index < -0.39 is 11.7 Å². The molecule has 1 aliphatic rings. The number of rotatable bonds is 4. The van der Waals surface area contributed by atoms with Gasteiger partial charge in [0.05, 0.1) is 0 Å². The summed E-state index contributed by atoms with van der Waals surface area (Å²) in [6.45, 7) is 0.581. The summed E-state index contributed by atoms with van der Waals surface area (Å²) in [6, 6.07) is 6.40. The zero-order valence-corrected chi connectivity index (χ0v) is 9.17. The molecule has 1 unspecified atom stereocenters. The molecular formula is C12H13F3N2. The summed E-state index contributed by atoms with van der Waals surface area (Å²) in [4.78, 5) is 3.40. The van der Waals surface area contributed by atoms with Crippen LogP contribution in [0.3, 0.4) is 0 Å². The molecule has 0 bridgehead atoms. The van der Waals surface area contributed by atoms with Gasteiger partial charge in [0.2, 0.25) is 5.54 Å². The standard InChI is InChI=1S/C12H13F3N2/c13-12(14,15)11(8-17-11)10-5-3-9(4-6-10)2-1-7-16/h3-6,8H,1-2,7,16H2. The largest absolute Gasteiger partial charge is 0.422 e. The van der Waals surface area contributed by atoms with Gasteiger partial charge in [0.15, 0.2) is 0 Å². The highest BCUT2D eigenvalue weighted by Crippen LogP contribution is 2.47. The summed E-state index contributed by atoms with van der Waals surface area (Å²) in [7, 11) is 0. The zero-order chi connectivity index (χ0) is 12.5. The van der Waals surface area contributed by atoms with Gasteiger partial charge in [-0.3, -0.25) is 4.99 Å². The highest BCUT2D eigenvalue weighted by molar-refractivity contribution is 5.87. The van der Waals surface area contributed by atoms with Crippen LogP contribution in [0.5, 0.6) is 0 Å². The highest BCUT2D eigenvalue weighted by Gasteiger charge is 2.61. The molecule has 1 heterocycles. The number of aliphatic imine (C=N–C) groups is 1. The molecule has 2 rings (SSSR count). The van der Waals surface area contributed by atoms with Gasteiger partial charge in [-0.15, -0.1) is 0 Å². The Balaban J connectivity index is 2.14. The summed E-state index contributed by atoms with van der Waals surface area (Å²) in [5, 5.41) is 0. The van der Waals surface area contributed by atoms with Crippen LogP contribution in [0.2, 0.25) is 0 Å². The molecule has 1 atom stereocenters. The van der Waals surface area contributed by atoms with E-state index in [2.05, 4.69) is 4.99 Å². The van der Waals surface area contributed by atoms with Gasteiger partial charge in [0, 0.05) is 6.21 Å². The maximum absolute atomic E-state index is 12.7. The molecular weight excluding hydrogens is 229 g/mol. The van der Waals surface area contributed by atoms with Crippen LogP contribution in [0.25, 0.3) is 0 Å². The van der Waals surface area contributed by atoms with Crippen LogP contribution in [0, 0.1) is 0 Å². The van der Waals surface area contributed by atoms with Gasteiger partial charge in [0.25, 0.3) is 0 Å². The van der Waals surface area contributed by atoms with Crippen molar-refractivity contribution in [2.24, 2.45) is 10.7 Å². The van der Waals surface area contributed by atoms with E-state index in [1.165, 1.54) is 12.1 Å². The SMILES string of the molecule is NCCCc1ccc(C2(C(F)(F)F)C=N2)cc1. The molecule has 0 spiro atoms. The van der Waals surface area contributed by atoms with Gasteiger partial charge in [-0.25, -0.2) is 0 Å². The number of halogens is 3. The highest BCUT2D eigenvalue weighted by atomic mass is 19.4. The first-order chi connectivity index (χ1) is 7.99. The smallest absolute Gasteiger partial charge is 0.330 e. The van der Waals surface area contributed by atoms with E-state index >= 15 is 0 Å². The lowest BCUT2D eigenvalue weighted by atomic mass is 9.95. The lowest BCUT2D eigenvalue weighted by Gasteiger charge is -2.17. The van der Waals surface area contributed by atoms with E-state index in [-0.39, 0.29) is 5.56 Å². The maximum Gasteiger partial charge on any atom is 0.422 e. The van der Waals surface area contributed by atoms with Crippen molar-refractivity contribution in [2.75, 3.05) is 6.54 Å². The summed E-state index contributed by atoms with van der Waals surface area (Å²) >= 11 is 0. The van der Waals surface area contributed by atoms with Crippen LogP contribution < -0.4 is 5.73 Å². The van der Waals surface area contributed by atoms with E-state index in [0.717, 1.165) is 24.6 Å². The van der Waals surface area contributed by atoms with Crippen LogP contribution in [-0.4, -0.2) is 18.9 Å². The monoisotopic (exact) mass is 242 g/mol. The zero-order valence-electron chi connectivity index (χ0n) is 9.17. The second-order valence-corrected chi connectivity index (χ2v) is 4.11. The molecule has 0 fully saturated rings. The van der Waals surface area contributed by atoms with Gasteiger partial charge >= 0.3 is 6.18 Å². The number of nitrogens with two attached hydrogens (primary N) is 1. The van der Waals surface area contributed by atoms with E-state index in [0.29, 0.717) is 6.54 Å². The summed E-state index contributed by atoms with van der Waals surface area (Å²) in [5.41, 5.74) is 4.50. The predicted molar refractivity (Wildman–Crippen MR) is 60.0 cm³/mol. The van der Waals surface area contributed by atoms with Gasteiger partial charge in [-0.2, -0.15) is 13.2 Å². The van der Waals surface area contributed by atoms with Gasteiger partial charge in [-0.05, 0) is 30.5 Å². The molecule has 0 aliphatic carbocycles. The molecule has 0 aromatic heterocycles. The fraction of sp³-hybridized carbons (Fsp3) is 0.417. The molecule has 0 saturated carbocycles. The number of hydrogen-bond acceptors (Lipinski definition) is 2. The molecule has 5 heteroatoms. The molecule has 92 valence electrons. The Bertz CT molecular complexity index is 414. The molecule has 1 aromatic carbocycles. The molecule has 17 heavy (non-hydrogen) atoms. The van der Waals surface area contributed by atoms with Crippen molar-refractivity contribution in [2.45, 2.75) is 24.6 Å². The Kier molecular flexibility index (Phi) is 2.95. The third-order valence-electron chi connectivity index (χ3n) is 2.88. The molecule has 0 saturated heterocycles. The Morgan fingerprint density at radius 1 is 1.18 bits per heavy atom. The molecule has 1 aliphatic heterocycles. The number of hydrogen-bond donors (Lipinski definition) is 1. The normalized spacial score (nSPS) is 22.8. The van der Waals surface area contributed by atoms with Crippen LogP contribution >= 0.6 is 0 Å². The average Bonchev–Trinajstić information content (AvgIpc) is 3.07. The van der Waals surface area contributed by atoms with Crippen molar-refractivity contribution >= 4 is 6.21 Å². The minimum atomic E-state index is -4.34. The third-order valence-corrected chi connectivity index (χ3v) is 2.88.